The molecule has 0 saturated carbocycles. The van der Waals surface area contributed by atoms with Gasteiger partial charge in [0.2, 0.25) is 0 Å². The van der Waals surface area contributed by atoms with Crippen molar-refractivity contribution < 1.29 is 5.11 Å². The van der Waals surface area contributed by atoms with Crippen LogP contribution in [0.25, 0.3) is 0 Å². The van der Waals surface area contributed by atoms with Crippen LogP contribution in [-0.4, -0.2) is 11.7 Å². The molecule has 0 aliphatic heterocycles. The fraction of sp³-hybridized carbons (Fsp3) is 0.333. The first-order valence-corrected chi connectivity index (χ1v) is 7.47. The van der Waals surface area contributed by atoms with Crippen molar-refractivity contribution in [2.24, 2.45) is 0 Å². The van der Waals surface area contributed by atoms with Gasteiger partial charge in [-0.3, -0.25) is 0 Å². The summed E-state index contributed by atoms with van der Waals surface area (Å²) in [6, 6.07) is 9.42. The van der Waals surface area contributed by atoms with Crippen molar-refractivity contribution in [3.05, 3.63) is 51.2 Å². The van der Waals surface area contributed by atoms with Crippen molar-refractivity contribution in [1.82, 2.24) is 5.32 Å². The molecule has 4 heteroatoms. The molecular weight excluding hydrogens is 278 g/mol. The lowest BCUT2D eigenvalue weighted by molar-refractivity contribution is 0.449. The molecule has 0 fully saturated rings. The molecule has 1 heterocycles. The summed E-state index contributed by atoms with van der Waals surface area (Å²) in [4.78, 5) is 1.35. The average Bonchev–Trinajstić information content (AvgIpc) is 2.87. The molecule has 0 atom stereocenters. The number of hydrogen-bond acceptors (Lipinski definition) is 3. The molecule has 2 aromatic rings. The lowest BCUT2D eigenvalue weighted by Gasteiger charge is -2.24. The largest absolute Gasteiger partial charge is 0.508 e. The molecule has 0 saturated heterocycles. The van der Waals surface area contributed by atoms with Gasteiger partial charge >= 0.3 is 0 Å². The summed E-state index contributed by atoms with van der Waals surface area (Å²) >= 11 is 7.85. The predicted octanol–water partition coefficient (Wildman–Crippen LogP) is 4.17. The molecule has 102 valence electrons. The zero-order chi connectivity index (χ0) is 13.9. The third-order valence-electron chi connectivity index (χ3n) is 3.15. The lowest BCUT2D eigenvalue weighted by Crippen LogP contribution is -2.32. The summed E-state index contributed by atoms with van der Waals surface area (Å²) in [6.07, 6.45) is 0. The van der Waals surface area contributed by atoms with Crippen LogP contribution in [-0.2, 0) is 12.0 Å². The number of benzene rings is 1. The monoisotopic (exact) mass is 295 g/mol. The fourth-order valence-electron chi connectivity index (χ4n) is 1.97. The first-order valence-electron chi connectivity index (χ1n) is 6.22. The number of phenolic OH excluding ortho intramolecular Hbond substituents is 1. The van der Waals surface area contributed by atoms with Gasteiger partial charge in [0.1, 0.15) is 5.75 Å². The van der Waals surface area contributed by atoms with Crippen LogP contribution in [0.1, 0.15) is 24.3 Å². The Morgan fingerprint density at radius 1 is 1.26 bits per heavy atom. The number of halogens is 1. The molecule has 0 aliphatic rings. The van der Waals surface area contributed by atoms with Crippen LogP contribution in [0.2, 0.25) is 5.02 Å². The second kappa shape index (κ2) is 5.95. The summed E-state index contributed by atoms with van der Waals surface area (Å²) in [5.74, 6) is 0.244. The van der Waals surface area contributed by atoms with Gasteiger partial charge in [0.15, 0.2) is 0 Å². The molecule has 1 aromatic heterocycles. The number of thiophene rings is 1. The third-order valence-corrected chi connectivity index (χ3v) is 4.74. The Balaban J connectivity index is 1.97. The maximum atomic E-state index is 9.78. The third kappa shape index (κ3) is 3.50. The zero-order valence-corrected chi connectivity index (χ0v) is 12.7. The molecule has 19 heavy (non-hydrogen) atoms. The summed E-state index contributed by atoms with van der Waals surface area (Å²) in [7, 11) is 0. The van der Waals surface area contributed by atoms with E-state index in [9.17, 15) is 5.11 Å². The molecule has 0 amide bonds. The van der Waals surface area contributed by atoms with Gasteiger partial charge in [0.25, 0.3) is 0 Å². The molecule has 0 bridgehead atoms. The van der Waals surface area contributed by atoms with Gasteiger partial charge < -0.3 is 10.4 Å². The molecule has 0 spiro atoms. The van der Waals surface area contributed by atoms with Gasteiger partial charge in [0, 0.05) is 34.0 Å². The number of phenols is 1. The van der Waals surface area contributed by atoms with Crippen LogP contribution in [0.5, 0.6) is 5.75 Å². The Kier molecular flexibility index (Phi) is 4.50. The number of hydrogen-bond donors (Lipinski definition) is 2. The number of aromatic hydroxyl groups is 1. The summed E-state index contributed by atoms with van der Waals surface area (Å²) < 4.78 is 0. The second-order valence-electron chi connectivity index (χ2n) is 5.20. The Labute approximate surface area is 123 Å². The van der Waals surface area contributed by atoms with Gasteiger partial charge in [-0.05, 0) is 23.6 Å². The molecule has 2 rings (SSSR count). The van der Waals surface area contributed by atoms with E-state index in [1.54, 1.807) is 29.5 Å². The summed E-state index contributed by atoms with van der Waals surface area (Å²) in [5, 5.41) is 15.8. The Bertz CT molecular complexity index is 517. The first kappa shape index (κ1) is 14.4. The first-order chi connectivity index (χ1) is 9.00. The zero-order valence-electron chi connectivity index (χ0n) is 11.1. The highest BCUT2D eigenvalue weighted by molar-refractivity contribution is 7.10. The summed E-state index contributed by atoms with van der Waals surface area (Å²) in [5.41, 5.74) is 0.830. The molecule has 0 radical (unpaired) electrons. The van der Waals surface area contributed by atoms with Crippen LogP contribution in [0.15, 0.2) is 35.7 Å². The Hall–Kier alpha value is -1.03. The van der Waals surface area contributed by atoms with Crippen LogP contribution in [0.3, 0.4) is 0 Å². The van der Waals surface area contributed by atoms with Crippen molar-refractivity contribution in [2.75, 3.05) is 6.54 Å². The SMILES string of the molecule is CC(C)(CNCc1c(O)cccc1Cl)c1cccs1. The van der Waals surface area contributed by atoms with Gasteiger partial charge in [-0.15, -0.1) is 11.3 Å². The van der Waals surface area contributed by atoms with E-state index in [2.05, 4.69) is 36.7 Å². The van der Waals surface area contributed by atoms with Gasteiger partial charge in [-0.25, -0.2) is 0 Å². The highest BCUT2D eigenvalue weighted by atomic mass is 35.5. The standard InChI is InChI=1S/C15H18ClNOS/c1-15(2,14-7-4-8-19-14)10-17-9-11-12(16)5-3-6-13(11)18/h3-8,17-18H,9-10H2,1-2H3. The lowest BCUT2D eigenvalue weighted by atomic mass is 9.91. The van der Waals surface area contributed by atoms with Crippen LogP contribution in [0, 0.1) is 0 Å². The van der Waals surface area contributed by atoms with E-state index in [0.29, 0.717) is 11.6 Å². The molecule has 0 aliphatic carbocycles. The maximum Gasteiger partial charge on any atom is 0.121 e. The van der Waals surface area contributed by atoms with E-state index < -0.39 is 0 Å². The van der Waals surface area contributed by atoms with Crippen LogP contribution >= 0.6 is 22.9 Å². The molecule has 0 unspecified atom stereocenters. The Morgan fingerprint density at radius 2 is 2.05 bits per heavy atom. The van der Waals surface area contributed by atoms with Crippen molar-refractivity contribution in [1.29, 1.82) is 0 Å². The minimum atomic E-state index is 0.0744. The average molecular weight is 296 g/mol. The van der Waals surface area contributed by atoms with E-state index in [0.717, 1.165) is 12.1 Å². The number of nitrogens with one attached hydrogen (secondary N) is 1. The van der Waals surface area contributed by atoms with E-state index in [1.807, 2.05) is 0 Å². The minimum absolute atomic E-state index is 0.0744. The highest BCUT2D eigenvalue weighted by Gasteiger charge is 2.21. The smallest absolute Gasteiger partial charge is 0.121 e. The van der Waals surface area contributed by atoms with Gasteiger partial charge in [-0.1, -0.05) is 37.6 Å². The number of rotatable bonds is 5. The van der Waals surface area contributed by atoms with Crippen molar-refractivity contribution in [3.63, 3.8) is 0 Å². The van der Waals surface area contributed by atoms with Crippen molar-refractivity contribution in [2.45, 2.75) is 25.8 Å². The van der Waals surface area contributed by atoms with Crippen molar-refractivity contribution >= 4 is 22.9 Å². The van der Waals surface area contributed by atoms with E-state index >= 15 is 0 Å². The van der Waals surface area contributed by atoms with Crippen LogP contribution in [0.4, 0.5) is 0 Å². The highest BCUT2D eigenvalue weighted by Crippen LogP contribution is 2.28. The quantitative estimate of drug-likeness (QED) is 0.867. The molecule has 2 nitrogen and oxygen atoms in total. The molecular formula is C15H18ClNOS. The maximum absolute atomic E-state index is 9.78. The normalized spacial score (nSPS) is 11.7. The van der Waals surface area contributed by atoms with E-state index in [4.69, 9.17) is 11.6 Å². The molecule has 1 aromatic carbocycles. The predicted molar refractivity (Wildman–Crippen MR) is 82.2 cm³/mol. The van der Waals surface area contributed by atoms with Gasteiger partial charge in [-0.2, -0.15) is 0 Å². The Morgan fingerprint density at radius 3 is 2.68 bits per heavy atom. The minimum Gasteiger partial charge on any atom is -0.508 e. The summed E-state index contributed by atoms with van der Waals surface area (Å²) in [6.45, 7) is 5.81. The fourth-order valence-corrected chi connectivity index (χ4v) is 3.06. The van der Waals surface area contributed by atoms with E-state index in [-0.39, 0.29) is 11.2 Å². The topological polar surface area (TPSA) is 32.3 Å². The van der Waals surface area contributed by atoms with E-state index in [1.165, 1.54) is 4.88 Å². The van der Waals surface area contributed by atoms with Gasteiger partial charge in [0.05, 0.1) is 0 Å². The second-order valence-corrected chi connectivity index (χ2v) is 6.56. The van der Waals surface area contributed by atoms with Crippen molar-refractivity contribution in [3.8, 4) is 5.75 Å². The molecule has 2 N–H and O–H groups in total. The van der Waals surface area contributed by atoms with Crippen LogP contribution < -0.4 is 5.32 Å².